The van der Waals surface area contributed by atoms with Gasteiger partial charge in [0.25, 0.3) is 0 Å². The van der Waals surface area contributed by atoms with E-state index < -0.39 is 0 Å². The molecule has 0 spiro atoms. The summed E-state index contributed by atoms with van der Waals surface area (Å²) in [6.45, 7) is 2.12. The first-order valence-corrected chi connectivity index (χ1v) is 6.10. The minimum absolute atomic E-state index is 0.914. The van der Waals surface area contributed by atoms with Gasteiger partial charge in [-0.15, -0.1) is 0 Å². The number of hydrogen-bond acceptors (Lipinski definition) is 1. The van der Waals surface area contributed by atoms with Gasteiger partial charge in [-0.1, -0.05) is 42.0 Å². The Morgan fingerprint density at radius 1 is 0.938 bits per heavy atom. The molecule has 0 saturated heterocycles. The summed E-state index contributed by atoms with van der Waals surface area (Å²) in [7, 11) is 2.92. The summed E-state index contributed by atoms with van der Waals surface area (Å²) >= 11 is 0. The molecule has 0 aromatic heterocycles. The van der Waals surface area contributed by atoms with Crippen LogP contribution in [0.5, 0.6) is 5.75 Å². The van der Waals surface area contributed by atoms with Crippen LogP contribution in [0.4, 0.5) is 0 Å². The predicted octanol–water partition coefficient (Wildman–Crippen LogP) is 2.90. The fourth-order valence-electron chi connectivity index (χ4n) is 1.53. The van der Waals surface area contributed by atoms with Crippen LogP contribution in [0.3, 0.4) is 0 Å². The Morgan fingerprint density at radius 3 is 2.31 bits per heavy atom. The first kappa shape index (κ1) is 11.2. The predicted molar refractivity (Wildman–Crippen MR) is 70.4 cm³/mol. The summed E-state index contributed by atoms with van der Waals surface area (Å²) in [5.41, 5.74) is 1.30. The van der Waals surface area contributed by atoms with Crippen LogP contribution in [0, 0.1) is 6.92 Å². The Kier molecular flexibility index (Phi) is 3.58. The lowest BCUT2D eigenvalue weighted by Crippen LogP contribution is -2.03. The second-order valence-corrected chi connectivity index (χ2v) is 4.91. The molecule has 0 unspecified atom stereocenters. The van der Waals surface area contributed by atoms with Gasteiger partial charge in [0, 0.05) is 0 Å². The average Bonchev–Trinajstić information content (AvgIpc) is 2.29. The van der Waals surface area contributed by atoms with E-state index in [1.54, 1.807) is 7.11 Å². The molecule has 82 valence electrons. The van der Waals surface area contributed by atoms with Crippen LogP contribution < -0.4 is 15.3 Å². The number of rotatable bonds is 3. The van der Waals surface area contributed by atoms with Crippen LogP contribution in [0.15, 0.2) is 48.5 Å². The highest BCUT2D eigenvalue weighted by Crippen LogP contribution is 2.15. The van der Waals surface area contributed by atoms with E-state index in [4.69, 9.17) is 4.74 Å². The number of benzene rings is 2. The van der Waals surface area contributed by atoms with E-state index in [1.165, 1.54) is 24.8 Å². The molecule has 2 aromatic rings. The van der Waals surface area contributed by atoms with Gasteiger partial charge >= 0.3 is 0 Å². The third-order valence-electron chi connectivity index (χ3n) is 2.31. The minimum atomic E-state index is 0.914. The van der Waals surface area contributed by atoms with E-state index in [0.717, 1.165) is 5.75 Å². The standard InChI is InChI=1S/C14H14OP/c1-11-5-3-7-13(9-11)16-14-8-4-6-12(10-14)15-2/h3-10H,1-2H3/q-1. The molecule has 0 aliphatic heterocycles. The van der Waals surface area contributed by atoms with Crippen molar-refractivity contribution in [1.29, 1.82) is 0 Å². The molecular weight excluding hydrogens is 215 g/mol. The Morgan fingerprint density at radius 2 is 1.62 bits per heavy atom. The monoisotopic (exact) mass is 229 g/mol. The van der Waals surface area contributed by atoms with Crippen LogP contribution in [0.1, 0.15) is 5.56 Å². The van der Waals surface area contributed by atoms with Gasteiger partial charge in [0.1, 0.15) is 5.75 Å². The number of hydrogen-bond donors (Lipinski definition) is 0. The molecule has 2 heteroatoms. The zero-order valence-electron chi connectivity index (χ0n) is 9.47. The Balaban J connectivity index is 2.20. The lowest BCUT2D eigenvalue weighted by atomic mass is 10.2. The smallest absolute Gasteiger partial charge is 0.116 e. The van der Waals surface area contributed by atoms with Crippen molar-refractivity contribution in [2.24, 2.45) is 0 Å². The molecule has 0 N–H and O–H groups in total. The van der Waals surface area contributed by atoms with Gasteiger partial charge in [0.15, 0.2) is 0 Å². The van der Waals surface area contributed by atoms with Crippen molar-refractivity contribution in [3.63, 3.8) is 0 Å². The topological polar surface area (TPSA) is 9.23 Å². The normalized spacial score (nSPS) is 10.9. The van der Waals surface area contributed by atoms with Crippen LogP contribution in [-0.2, 0) is 0 Å². The zero-order valence-corrected chi connectivity index (χ0v) is 10.4. The molecule has 2 aromatic carbocycles. The molecule has 0 amide bonds. The summed E-state index contributed by atoms with van der Waals surface area (Å²) in [6, 6.07) is 16.8. The highest BCUT2D eigenvalue weighted by molar-refractivity contribution is 7.55. The second kappa shape index (κ2) is 5.14. The van der Waals surface area contributed by atoms with Gasteiger partial charge in [0.2, 0.25) is 0 Å². The maximum absolute atomic E-state index is 5.21. The largest absolute Gasteiger partial charge is 0.497 e. The highest BCUT2D eigenvalue weighted by Gasteiger charge is 1.88. The number of methoxy groups -OCH3 is 1. The molecule has 1 nitrogen and oxygen atoms in total. The molecule has 0 aliphatic rings. The fraction of sp³-hybridized carbons (Fsp3) is 0.143. The summed E-state index contributed by atoms with van der Waals surface area (Å²) in [5.74, 6) is 0.914. The lowest BCUT2D eigenvalue weighted by molar-refractivity contribution is 0.415. The van der Waals surface area contributed by atoms with Gasteiger partial charge in [-0.25, -0.2) is 0 Å². The average molecular weight is 229 g/mol. The molecule has 0 heterocycles. The molecule has 0 fully saturated rings. The third-order valence-corrected chi connectivity index (χ3v) is 3.39. The first-order valence-electron chi connectivity index (χ1n) is 5.20. The maximum Gasteiger partial charge on any atom is 0.116 e. The van der Waals surface area contributed by atoms with Gasteiger partial charge in [-0.3, -0.25) is 0 Å². The number of ether oxygens (including phenoxy) is 1. The van der Waals surface area contributed by atoms with E-state index in [9.17, 15) is 0 Å². The lowest BCUT2D eigenvalue weighted by Gasteiger charge is -2.20. The Hall–Kier alpha value is -1.33. The molecular formula is C14H14OP-. The maximum atomic E-state index is 5.21. The second-order valence-electron chi connectivity index (χ2n) is 3.65. The fourth-order valence-corrected chi connectivity index (χ4v) is 2.61. The Bertz CT molecular complexity index is 480. The SMILES string of the molecule is COc1cccc([P-]c2cccc(C)c2)c1. The number of aryl methyl sites for hydroxylation is 1. The van der Waals surface area contributed by atoms with Crippen LogP contribution in [-0.4, -0.2) is 7.11 Å². The first-order chi connectivity index (χ1) is 7.78. The van der Waals surface area contributed by atoms with Crippen molar-refractivity contribution in [3.05, 3.63) is 54.1 Å². The molecule has 2 rings (SSSR count). The van der Waals surface area contributed by atoms with Gasteiger partial charge in [-0.05, 0) is 19.1 Å². The van der Waals surface area contributed by atoms with Crippen LogP contribution in [0.25, 0.3) is 0 Å². The summed E-state index contributed by atoms with van der Waals surface area (Å²) in [6.07, 6.45) is 0. The molecule has 0 radical (unpaired) electrons. The van der Waals surface area contributed by atoms with Crippen molar-refractivity contribution in [2.45, 2.75) is 6.92 Å². The van der Waals surface area contributed by atoms with Gasteiger partial charge in [0.05, 0.1) is 7.11 Å². The quantitative estimate of drug-likeness (QED) is 0.735. The van der Waals surface area contributed by atoms with Gasteiger partial charge in [-0.2, -0.15) is 10.6 Å². The van der Waals surface area contributed by atoms with E-state index in [2.05, 4.69) is 43.3 Å². The van der Waals surface area contributed by atoms with Crippen molar-refractivity contribution in [2.75, 3.05) is 7.11 Å². The molecule has 0 saturated carbocycles. The molecule has 16 heavy (non-hydrogen) atoms. The molecule has 0 atom stereocenters. The van der Waals surface area contributed by atoms with E-state index in [-0.39, 0.29) is 0 Å². The third kappa shape index (κ3) is 2.84. The van der Waals surface area contributed by atoms with Crippen molar-refractivity contribution < 1.29 is 4.74 Å². The summed E-state index contributed by atoms with van der Waals surface area (Å²) < 4.78 is 5.21. The van der Waals surface area contributed by atoms with Crippen molar-refractivity contribution >= 4 is 19.2 Å². The Labute approximate surface area is 98.2 Å². The van der Waals surface area contributed by atoms with Crippen molar-refractivity contribution in [3.8, 4) is 5.75 Å². The minimum Gasteiger partial charge on any atom is -0.497 e. The van der Waals surface area contributed by atoms with E-state index in [0.29, 0.717) is 0 Å². The molecule has 0 bridgehead atoms. The van der Waals surface area contributed by atoms with Crippen LogP contribution >= 0.6 is 8.58 Å². The van der Waals surface area contributed by atoms with E-state index in [1.807, 2.05) is 12.1 Å². The summed E-state index contributed by atoms with van der Waals surface area (Å²) in [4.78, 5) is 0. The zero-order chi connectivity index (χ0) is 11.4. The summed E-state index contributed by atoms with van der Waals surface area (Å²) in [5, 5.41) is 2.57. The van der Waals surface area contributed by atoms with Crippen LogP contribution in [0.2, 0.25) is 0 Å². The highest BCUT2D eigenvalue weighted by atomic mass is 31.1. The molecule has 0 aliphatic carbocycles. The van der Waals surface area contributed by atoms with Gasteiger partial charge < -0.3 is 13.3 Å². The van der Waals surface area contributed by atoms with Crippen molar-refractivity contribution in [1.82, 2.24) is 0 Å². The van der Waals surface area contributed by atoms with E-state index >= 15 is 0 Å².